The van der Waals surface area contributed by atoms with Crippen molar-refractivity contribution in [2.75, 3.05) is 5.32 Å². The van der Waals surface area contributed by atoms with E-state index in [-0.39, 0.29) is 5.56 Å². The van der Waals surface area contributed by atoms with Gasteiger partial charge in [-0.1, -0.05) is 60.2 Å². The molecule has 0 radical (unpaired) electrons. The van der Waals surface area contributed by atoms with Gasteiger partial charge in [0, 0.05) is 11.3 Å². The lowest BCUT2D eigenvalue weighted by Crippen LogP contribution is -2.25. The molecule has 0 saturated carbocycles. The Morgan fingerprint density at radius 2 is 1.52 bits per heavy atom. The first-order valence-corrected chi connectivity index (χ1v) is 9.55. The summed E-state index contributed by atoms with van der Waals surface area (Å²) in [6, 6.07) is 22.9. The van der Waals surface area contributed by atoms with E-state index in [0.717, 1.165) is 11.3 Å². The fraction of sp³-hybridized carbons (Fsp3) is 0.0833. The molecule has 0 aliphatic heterocycles. The van der Waals surface area contributed by atoms with E-state index in [9.17, 15) is 19.5 Å². The number of carboxylic acid groups (broad SMARTS) is 1. The van der Waals surface area contributed by atoms with E-state index < -0.39 is 29.8 Å². The largest absolute Gasteiger partial charge is 0.477 e. The summed E-state index contributed by atoms with van der Waals surface area (Å²) >= 11 is 0. The van der Waals surface area contributed by atoms with E-state index >= 15 is 0 Å². The minimum atomic E-state index is -1.38. The predicted octanol–water partition coefficient (Wildman–Crippen LogP) is 4.18. The summed E-state index contributed by atoms with van der Waals surface area (Å²) in [5.74, 6) is -2.38. The number of amides is 1. The van der Waals surface area contributed by atoms with E-state index in [4.69, 9.17) is 0 Å². The second kappa shape index (κ2) is 9.98. The summed E-state index contributed by atoms with van der Waals surface area (Å²) in [5, 5.41) is 16.2. The number of hydrogen-bond donors (Lipinski definition) is 3. The summed E-state index contributed by atoms with van der Waals surface area (Å²) in [7, 11) is 0. The molecule has 3 aromatic carbocycles. The SMILES string of the molecule is Cc1ccc(C(=O)CC(=NNC(=O)c2ccccc2Nc2ccccc2)C(=O)O)cc1. The van der Waals surface area contributed by atoms with Gasteiger partial charge in [0.1, 0.15) is 0 Å². The Labute approximate surface area is 179 Å². The molecule has 1 amide bonds. The third-order valence-electron chi connectivity index (χ3n) is 4.47. The van der Waals surface area contributed by atoms with E-state index in [0.29, 0.717) is 11.3 Å². The molecule has 0 aliphatic carbocycles. The molecule has 0 aromatic heterocycles. The molecule has 7 nitrogen and oxygen atoms in total. The maximum absolute atomic E-state index is 12.6. The first-order valence-electron chi connectivity index (χ1n) is 9.55. The molecule has 7 heteroatoms. The summed E-state index contributed by atoms with van der Waals surface area (Å²) < 4.78 is 0. The van der Waals surface area contributed by atoms with Gasteiger partial charge in [0.25, 0.3) is 5.91 Å². The smallest absolute Gasteiger partial charge is 0.352 e. The lowest BCUT2D eigenvalue weighted by Gasteiger charge is -2.11. The van der Waals surface area contributed by atoms with Gasteiger partial charge >= 0.3 is 5.97 Å². The van der Waals surface area contributed by atoms with Crippen molar-refractivity contribution in [2.45, 2.75) is 13.3 Å². The molecule has 3 aromatic rings. The summed E-state index contributed by atoms with van der Waals surface area (Å²) in [6.07, 6.45) is -0.442. The second-order valence-corrected chi connectivity index (χ2v) is 6.81. The molecule has 0 unspecified atom stereocenters. The monoisotopic (exact) mass is 415 g/mol. The van der Waals surface area contributed by atoms with Gasteiger partial charge in [-0.25, -0.2) is 10.2 Å². The first-order chi connectivity index (χ1) is 14.9. The Kier molecular flexibility index (Phi) is 6.90. The number of anilines is 2. The van der Waals surface area contributed by atoms with E-state index in [2.05, 4.69) is 15.8 Å². The Balaban J connectivity index is 1.74. The van der Waals surface area contributed by atoms with Gasteiger partial charge < -0.3 is 10.4 Å². The zero-order valence-electron chi connectivity index (χ0n) is 16.8. The zero-order chi connectivity index (χ0) is 22.2. The maximum atomic E-state index is 12.6. The van der Waals surface area contributed by atoms with Crippen LogP contribution in [0.4, 0.5) is 11.4 Å². The number of aryl methyl sites for hydroxylation is 1. The molecule has 31 heavy (non-hydrogen) atoms. The van der Waals surface area contributed by atoms with Crippen LogP contribution in [0.3, 0.4) is 0 Å². The number of carbonyl (C=O) groups excluding carboxylic acids is 2. The topological polar surface area (TPSA) is 108 Å². The van der Waals surface area contributed by atoms with Gasteiger partial charge in [-0.15, -0.1) is 0 Å². The minimum Gasteiger partial charge on any atom is -0.477 e. The van der Waals surface area contributed by atoms with Crippen molar-refractivity contribution >= 4 is 34.7 Å². The molecular weight excluding hydrogens is 394 g/mol. The molecule has 0 aliphatic rings. The van der Waals surface area contributed by atoms with Crippen LogP contribution in [0, 0.1) is 6.92 Å². The average molecular weight is 415 g/mol. The van der Waals surface area contributed by atoms with Crippen molar-refractivity contribution in [1.82, 2.24) is 5.43 Å². The molecule has 0 atom stereocenters. The van der Waals surface area contributed by atoms with Crippen molar-refractivity contribution < 1.29 is 19.5 Å². The summed E-state index contributed by atoms with van der Waals surface area (Å²) in [6.45, 7) is 1.89. The number of Topliss-reactive ketones (excluding diaryl/α,β-unsaturated/α-hetero) is 1. The highest BCUT2D eigenvalue weighted by atomic mass is 16.4. The molecule has 0 spiro atoms. The molecule has 3 rings (SSSR count). The Morgan fingerprint density at radius 3 is 2.19 bits per heavy atom. The van der Waals surface area contributed by atoms with Crippen molar-refractivity contribution in [2.24, 2.45) is 5.10 Å². The summed E-state index contributed by atoms with van der Waals surface area (Å²) in [4.78, 5) is 36.5. The van der Waals surface area contributed by atoms with Crippen LogP contribution in [0.1, 0.15) is 32.7 Å². The molecule has 0 heterocycles. The Bertz CT molecular complexity index is 1120. The van der Waals surface area contributed by atoms with E-state index in [1.807, 2.05) is 37.3 Å². The third kappa shape index (κ3) is 5.86. The minimum absolute atomic E-state index is 0.282. The van der Waals surface area contributed by atoms with E-state index in [1.165, 1.54) is 0 Å². The van der Waals surface area contributed by atoms with Crippen molar-refractivity contribution in [3.63, 3.8) is 0 Å². The van der Waals surface area contributed by atoms with Crippen LogP contribution in [0.25, 0.3) is 0 Å². The van der Waals surface area contributed by atoms with Crippen LogP contribution in [-0.4, -0.2) is 28.5 Å². The quantitative estimate of drug-likeness (QED) is 0.291. The number of carbonyl (C=O) groups is 3. The highest BCUT2D eigenvalue weighted by Crippen LogP contribution is 2.20. The fourth-order valence-electron chi connectivity index (χ4n) is 2.80. The molecule has 3 N–H and O–H groups in total. The number of rotatable bonds is 8. The summed E-state index contributed by atoms with van der Waals surface area (Å²) in [5.41, 5.74) is 4.77. The van der Waals surface area contributed by atoms with E-state index in [1.54, 1.807) is 48.5 Å². The molecule has 0 fully saturated rings. The number of ketones is 1. The van der Waals surface area contributed by atoms with Crippen LogP contribution in [0.2, 0.25) is 0 Å². The highest BCUT2D eigenvalue weighted by molar-refractivity contribution is 6.40. The first kappa shape index (κ1) is 21.4. The van der Waals surface area contributed by atoms with Crippen LogP contribution < -0.4 is 10.7 Å². The Hall–Kier alpha value is -4.26. The normalized spacial score (nSPS) is 10.9. The molecule has 0 saturated heterocycles. The van der Waals surface area contributed by atoms with Crippen LogP contribution >= 0.6 is 0 Å². The van der Waals surface area contributed by atoms with Crippen LogP contribution in [-0.2, 0) is 4.79 Å². The number of carboxylic acids is 1. The molecule has 156 valence electrons. The van der Waals surface area contributed by atoms with Crippen molar-refractivity contribution in [3.8, 4) is 0 Å². The number of hydrogen-bond acceptors (Lipinski definition) is 5. The number of para-hydroxylation sites is 2. The number of hydrazone groups is 1. The number of nitrogens with zero attached hydrogens (tertiary/aromatic N) is 1. The number of benzene rings is 3. The lowest BCUT2D eigenvalue weighted by molar-refractivity contribution is -0.129. The van der Waals surface area contributed by atoms with Crippen molar-refractivity contribution in [1.29, 1.82) is 0 Å². The van der Waals surface area contributed by atoms with Gasteiger partial charge in [-0.3, -0.25) is 9.59 Å². The average Bonchev–Trinajstić information content (AvgIpc) is 2.77. The van der Waals surface area contributed by atoms with Crippen molar-refractivity contribution in [3.05, 3.63) is 95.6 Å². The predicted molar refractivity (Wildman–Crippen MR) is 119 cm³/mol. The highest BCUT2D eigenvalue weighted by Gasteiger charge is 2.18. The lowest BCUT2D eigenvalue weighted by atomic mass is 10.0. The maximum Gasteiger partial charge on any atom is 0.352 e. The van der Waals surface area contributed by atoms with Gasteiger partial charge in [0.15, 0.2) is 11.5 Å². The number of nitrogens with one attached hydrogen (secondary N) is 2. The molecule has 0 bridgehead atoms. The van der Waals surface area contributed by atoms with Crippen LogP contribution in [0.15, 0.2) is 84.0 Å². The van der Waals surface area contributed by atoms with Gasteiger partial charge in [0.05, 0.1) is 17.7 Å². The Morgan fingerprint density at radius 1 is 0.871 bits per heavy atom. The second-order valence-electron chi connectivity index (χ2n) is 6.81. The van der Waals surface area contributed by atoms with Gasteiger partial charge in [0.2, 0.25) is 0 Å². The number of aliphatic carboxylic acids is 1. The molecular formula is C24H21N3O4. The van der Waals surface area contributed by atoms with Gasteiger partial charge in [-0.05, 0) is 31.2 Å². The standard InChI is InChI=1S/C24H21N3O4/c1-16-11-13-17(14-12-16)22(28)15-21(24(30)31)26-27-23(29)19-9-5-6-10-20(19)25-18-7-3-2-4-8-18/h2-14,25H,15H2,1H3,(H,27,29)(H,30,31). The van der Waals surface area contributed by atoms with Crippen LogP contribution in [0.5, 0.6) is 0 Å². The third-order valence-corrected chi connectivity index (χ3v) is 4.47. The zero-order valence-corrected chi connectivity index (χ0v) is 16.8. The van der Waals surface area contributed by atoms with Gasteiger partial charge in [-0.2, -0.15) is 5.10 Å². The fourth-order valence-corrected chi connectivity index (χ4v) is 2.80.